The Kier molecular flexibility index (Phi) is 3.94. The minimum absolute atomic E-state index is 0.101. The minimum atomic E-state index is -0.357. The molecule has 5 nitrogen and oxygen atoms in total. The first-order valence-corrected chi connectivity index (χ1v) is 7.86. The van der Waals surface area contributed by atoms with Crippen molar-refractivity contribution in [3.05, 3.63) is 63.4 Å². The Morgan fingerprint density at radius 3 is 2.52 bits per heavy atom. The molecule has 0 bridgehead atoms. The van der Waals surface area contributed by atoms with Crippen LogP contribution in [0.25, 0.3) is 0 Å². The molecule has 1 atom stereocenters. The van der Waals surface area contributed by atoms with Crippen molar-refractivity contribution in [2.24, 2.45) is 0 Å². The molecule has 3 rings (SSSR count). The van der Waals surface area contributed by atoms with Gasteiger partial charge >= 0.3 is 0 Å². The summed E-state index contributed by atoms with van der Waals surface area (Å²) in [4.78, 5) is 26.5. The van der Waals surface area contributed by atoms with E-state index in [4.69, 9.17) is 0 Å². The number of aromatic nitrogens is 1. The van der Waals surface area contributed by atoms with Crippen LogP contribution in [0.3, 0.4) is 0 Å². The molecule has 1 N–H and O–H groups in total. The minimum Gasteiger partial charge on any atom is -0.494 e. The Morgan fingerprint density at radius 1 is 1.17 bits per heavy atom. The molecule has 1 unspecified atom stereocenters. The molecule has 2 heterocycles. The Morgan fingerprint density at radius 2 is 1.87 bits per heavy atom. The normalized spacial score (nSPS) is 16.7. The van der Waals surface area contributed by atoms with Gasteiger partial charge in [-0.25, -0.2) is 0 Å². The highest BCUT2D eigenvalue weighted by atomic mass is 16.3. The Hall–Kier alpha value is -2.56. The first-order chi connectivity index (χ1) is 11.0. The first-order valence-electron chi connectivity index (χ1n) is 7.86. The van der Waals surface area contributed by atoms with E-state index >= 15 is 0 Å². The number of carbonyl (C=O) groups excluding carboxylic acids is 1. The fraction of sp³-hybridized carbons (Fsp3) is 0.333. The Balaban J connectivity index is 2.07. The van der Waals surface area contributed by atoms with Gasteiger partial charge in [-0.05, 0) is 18.9 Å². The van der Waals surface area contributed by atoms with E-state index in [9.17, 15) is 14.7 Å². The summed E-state index contributed by atoms with van der Waals surface area (Å²) >= 11 is 0. The molecule has 0 aliphatic carbocycles. The van der Waals surface area contributed by atoms with Crippen molar-refractivity contribution in [2.45, 2.75) is 32.9 Å². The van der Waals surface area contributed by atoms with Gasteiger partial charge in [0.1, 0.15) is 0 Å². The second-order valence-corrected chi connectivity index (χ2v) is 5.88. The summed E-state index contributed by atoms with van der Waals surface area (Å²) in [6.45, 7) is 4.78. The van der Waals surface area contributed by atoms with Gasteiger partial charge in [0.05, 0.1) is 18.2 Å². The van der Waals surface area contributed by atoms with Crippen LogP contribution in [0.4, 0.5) is 0 Å². The van der Waals surface area contributed by atoms with Crippen molar-refractivity contribution >= 4 is 5.91 Å². The lowest BCUT2D eigenvalue weighted by Crippen LogP contribution is -2.27. The number of fused-ring (bicyclic) bond motifs is 1. The highest BCUT2D eigenvalue weighted by Crippen LogP contribution is 2.38. The number of hydrogen-bond acceptors (Lipinski definition) is 3. The molecule has 1 amide bonds. The van der Waals surface area contributed by atoms with Crippen molar-refractivity contribution in [2.75, 3.05) is 6.54 Å². The van der Waals surface area contributed by atoms with E-state index in [2.05, 4.69) is 0 Å². The topological polar surface area (TPSA) is 62.5 Å². The van der Waals surface area contributed by atoms with E-state index in [1.807, 2.05) is 44.2 Å². The molecule has 1 aliphatic rings. The third-order valence-electron chi connectivity index (χ3n) is 4.35. The molecule has 1 aliphatic heterocycles. The Bertz CT molecular complexity index is 796. The van der Waals surface area contributed by atoms with Crippen LogP contribution in [0.5, 0.6) is 5.88 Å². The molecular formula is C18H20N2O3. The second kappa shape index (κ2) is 5.91. The third kappa shape index (κ3) is 2.52. The van der Waals surface area contributed by atoms with Gasteiger partial charge < -0.3 is 10.0 Å². The fourth-order valence-electron chi connectivity index (χ4n) is 3.18. The van der Waals surface area contributed by atoms with Crippen LogP contribution < -0.4 is 5.56 Å². The van der Waals surface area contributed by atoms with E-state index in [1.165, 1.54) is 10.6 Å². The summed E-state index contributed by atoms with van der Waals surface area (Å²) < 4.78 is 1.33. The van der Waals surface area contributed by atoms with Crippen LogP contribution in [-0.4, -0.2) is 27.0 Å². The summed E-state index contributed by atoms with van der Waals surface area (Å²) in [5.41, 5.74) is 1.45. The standard InChI is InChI=1S/C18H20N2O3/c1-3-9-19-12(2)16-14(17(19)22)10-15(21)20(18(16)23)11-13-7-5-4-6-8-13/h4-8,10,12,23H,3,9,11H2,1-2H3. The lowest BCUT2D eigenvalue weighted by Gasteiger charge is -2.21. The maximum absolute atomic E-state index is 12.4. The number of hydrogen-bond donors (Lipinski definition) is 1. The predicted octanol–water partition coefficient (Wildman–Crippen LogP) is 2.53. The zero-order chi connectivity index (χ0) is 16.6. The largest absolute Gasteiger partial charge is 0.494 e. The van der Waals surface area contributed by atoms with Gasteiger partial charge in [0, 0.05) is 18.2 Å². The first kappa shape index (κ1) is 15.3. The van der Waals surface area contributed by atoms with Crippen molar-refractivity contribution in [3.63, 3.8) is 0 Å². The molecule has 23 heavy (non-hydrogen) atoms. The molecule has 120 valence electrons. The van der Waals surface area contributed by atoms with E-state index in [0.29, 0.717) is 17.7 Å². The van der Waals surface area contributed by atoms with E-state index in [1.54, 1.807) is 4.90 Å². The fourth-order valence-corrected chi connectivity index (χ4v) is 3.18. The number of carbonyl (C=O) groups is 1. The van der Waals surface area contributed by atoms with E-state index in [-0.39, 0.29) is 29.9 Å². The maximum atomic E-state index is 12.4. The maximum Gasteiger partial charge on any atom is 0.255 e. The molecule has 0 spiro atoms. The van der Waals surface area contributed by atoms with Crippen molar-refractivity contribution in [3.8, 4) is 5.88 Å². The zero-order valence-electron chi connectivity index (χ0n) is 13.3. The van der Waals surface area contributed by atoms with Crippen LogP contribution in [0.1, 0.15) is 47.8 Å². The van der Waals surface area contributed by atoms with Crippen LogP contribution in [0.15, 0.2) is 41.2 Å². The summed E-state index contributed by atoms with van der Waals surface area (Å²) in [5.74, 6) is -0.274. The predicted molar refractivity (Wildman–Crippen MR) is 87.7 cm³/mol. The Labute approximate surface area is 134 Å². The van der Waals surface area contributed by atoms with Gasteiger partial charge in [0.25, 0.3) is 11.5 Å². The van der Waals surface area contributed by atoms with Crippen molar-refractivity contribution in [1.29, 1.82) is 0 Å². The van der Waals surface area contributed by atoms with Gasteiger partial charge in [0.2, 0.25) is 0 Å². The second-order valence-electron chi connectivity index (χ2n) is 5.88. The highest BCUT2D eigenvalue weighted by molar-refractivity contribution is 5.99. The summed E-state index contributed by atoms with van der Waals surface area (Å²) in [6.07, 6.45) is 0.832. The molecule has 0 fully saturated rings. The zero-order valence-corrected chi connectivity index (χ0v) is 13.3. The number of nitrogens with zero attached hydrogens (tertiary/aromatic N) is 2. The van der Waals surface area contributed by atoms with Crippen LogP contribution in [-0.2, 0) is 6.54 Å². The summed E-state index contributed by atoms with van der Waals surface area (Å²) in [6, 6.07) is 10.6. The number of amides is 1. The smallest absolute Gasteiger partial charge is 0.255 e. The van der Waals surface area contributed by atoms with Gasteiger partial charge in [-0.3, -0.25) is 14.2 Å². The molecule has 0 saturated carbocycles. The van der Waals surface area contributed by atoms with Crippen LogP contribution in [0.2, 0.25) is 0 Å². The molecule has 1 aromatic heterocycles. The number of benzene rings is 1. The van der Waals surface area contributed by atoms with E-state index < -0.39 is 0 Å². The lowest BCUT2D eigenvalue weighted by molar-refractivity contribution is 0.0737. The molecule has 5 heteroatoms. The van der Waals surface area contributed by atoms with Crippen molar-refractivity contribution in [1.82, 2.24) is 9.47 Å². The average Bonchev–Trinajstić information content (AvgIpc) is 2.77. The number of aromatic hydroxyl groups is 1. The quantitative estimate of drug-likeness (QED) is 0.943. The lowest BCUT2D eigenvalue weighted by atomic mass is 10.1. The van der Waals surface area contributed by atoms with Gasteiger partial charge in [-0.2, -0.15) is 0 Å². The van der Waals surface area contributed by atoms with Gasteiger partial charge in [-0.15, -0.1) is 0 Å². The summed E-state index contributed by atoms with van der Waals surface area (Å²) in [7, 11) is 0. The SMILES string of the molecule is CCCN1C(=O)c2cc(=O)n(Cc3ccccc3)c(O)c2C1C. The number of rotatable bonds is 4. The molecule has 1 aromatic carbocycles. The van der Waals surface area contributed by atoms with Gasteiger partial charge in [0.15, 0.2) is 5.88 Å². The average molecular weight is 312 g/mol. The molecule has 0 radical (unpaired) electrons. The third-order valence-corrected chi connectivity index (χ3v) is 4.35. The molecular weight excluding hydrogens is 292 g/mol. The monoisotopic (exact) mass is 312 g/mol. The number of pyridine rings is 1. The summed E-state index contributed by atoms with van der Waals surface area (Å²) in [5, 5.41) is 10.6. The van der Waals surface area contributed by atoms with E-state index in [0.717, 1.165) is 12.0 Å². The van der Waals surface area contributed by atoms with Gasteiger partial charge in [-0.1, -0.05) is 37.3 Å². The van der Waals surface area contributed by atoms with Crippen LogP contribution in [0, 0.1) is 0 Å². The van der Waals surface area contributed by atoms with Crippen LogP contribution >= 0.6 is 0 Å². The molecule has 2 aromatic rings. The highest BCUT2D eigenvalue weighted by Gasteiger charge is 2.37. The molecule has 0 saturated heterocycles. The van der Waals surface area contributed by atoms with Crippen molar-refractivity contribution < 1.29 is 9.90 Å².